The molecule has 1 aliphatic rings. The summed E-state index contributed by atoms with van der Waals surface area (Å²) in [5.41, 5.74) is -0.127. The van der Waals surface area contributed by atoms with Crippen molar-refractivity contribution in [1.82, 2.24) is 4.90 Å². The average molecular weight is 278 g/mol. The number of ether oxygens (including phenoxy) is 1. The molecule has 1 rings (SSSR count). The van der Waals surface area contributed by atoms with E-state index in [-0.39, 0.29) is 11.6 Å². The standard InChI is InChI=1S/C17H30N2O/c1-7-9-14-11-15(12-18)19(5)16(14)13(3)17(4,20-6)10-8-2/h7,9,13-16H,8,10-11H2,1-6H3/b9-7-. The van der Waals surface area contributed by atoms with E-state index in [0.717, 1.165) is 19.3 Å². The van der Waals surface area contributed by atoms with E-state index in [0.29, 0.717) is 17.9 Å². The van der Waals surface area contributed by atoms with Gasteiger partial charge in [-0.1, -0.05) is 32.4 Å². The Bertz CT molecular complexity index is 374. The Labute approximate surface area is 124 Å². The van der Waals surface area contributed by atoms with Gasteiger partial charge < -0.3 is 4.74 Å². The fourth-order valence-corrected chi connectivity index (χ4v) is 3.75. The Kier molecular flexibility index (Phi) is 6.23. The maximum Gasteiger partial charge on any atom is 0.0984 e. The predicted molar refractivity (Wildman–Crippen MR) is 83.4 cm³/mol. The van der Waals surface area contributed by atoms with Crippen LogP contribution in [0.1, 0.15) is 47.0 Å². The van der Waals surface area contributed by atoms with Crippen molar-refractivity contribution < 1.29 is 4.74 Å². The number of allylic oxidation sites excluding steroid dienone is 1. The summed E-state index contributed by atoms with van der Waals surface area (Å²) >= 11 is 0. The summed E-state index contributed by atoms with van der Waals surface area (Å²) in [6, 6.07) is 2.83. The van der Waals surface area contributed by atoms with Crippen LogP contribution in [0.2, 0.25) is 0 Å². The van der Waals surface area contributed by atoms with Crippen LogP contribution in [0.5, 0.6) is 0 Å². The Morgan fingerprint density at radius 3 is 2.65 bits per heavy atom. The molecule has 0 aliphatic carbocycles. The number of hydrogen-bond acceptors (Lipinski definition) is 3. The molecule has 114 valence electrons. The Hall–Kier alpha value is -0.850. The van der Waals surface area contributed by atoms with E-state index < -0.39 is 0 Å². The third-order valence-corrected chi connectivity index (χ3v) is 5.17. The van der Waals surface area contributed by atoms with Crippen LogP contribution in [0.25, 0.3) is 0 Å². The van der Waals surface area contributed by atoms with E-state index in [1.54, 1.807) is 0 Å². The molecule has 1 aliphatic heterocycles. The highest BCUT2D eigenvalue weighted by molar-refractivity contribution is 5.11. The van der Waals surface area contributed by atoms with Crippen LogP contribution in [0.3, 0.4) is 0 Å². The summed E-state index contributed by atoms with van der Waals surface area (Å²) < 4.78 is 5.86. The molecule has 20 heavy (non-hydrogen) atoms. The third-order valence-electron chi connectivity index (χ3n) is 5.17. The summed E-state index contributed by atoms with van der Waals surface area (Å²) in [6.07, 6.45) is 7.47. The maximum absolute atomic E-state index is 9.34. The molecule has 1 saturated heterocycles. The predicted octanol–water partition coefficient (Wildman–Crippen LogP) is 3.62. The fraction of sp³-hybridized carbons (Fsp3) is 0.824. The van der Waals surface area contributed by atoms with Crippen LogP contribution in [-0.4, -0.2) is 36.7 Å². The van der Waals surface area contributed by atoms with E-state index in [1.165, 1.54) is 0 Å². The molecular formula is C17H30N2O. The highest BCUT2D eigenvalue weighted by Crippen LogP contribution is 2.40. The van der Waals surface area contributed by atoms with Crippen LogP contribution >= 0.6 is 0 Å². The van der Waals surface area contributed by atoms with Crippen molar-refractivity contribution in [3.8, 4) is 6.07 Å². The highest BCUT2D eigenvalue weighted by Gasteiger charge is 2.46. The zero-order valence-corrected chi connectivity index (χ0v) is 13.9. The lowest BCUT2D eigenvalue weighted by molar-refractivity contribution is -0.0698. The van der Waals surface area contributed by atoms with Crippen molar-refractivity contribution in [2.45, 2.75) is 64.6 Å². The lowest BCUT2D eigenvalue weighted by atomic mass is 9.77. The molecular weight excluding hydrogens is 248 g/mol. The Morgan fingerprint density at radius 2 is 2.20 bits per heavy atom. The van der Waals surface area contributed by atoms with Crippen molar-refractivity contribution in [3.05, 3.63) is 12.2 Å². The lowest BCUT2D eigenvalue weighted by Gasteiger charge is -2.42. The largest absolute Gasteiger partial charge is 0.378 e. The molecule has 3 heteroatoms. The zero-order chi connectivity index (χ0) is 15.3. The number of rotatable bonds is 6. The van der Waals surface area contributed by atoms with Gasteiger partial charge in [0.1, 0.15) is 0 Å². The number of likely N-dealkylation sites (tertiary alicyclic amines) is 1. The molecule has 0 aromatic rings. The van der Waals surface area contributed by atoms with Gasteiger partial charge in [-0.25, -0.2) is 0 Å². The quantitative estimate of drug-likeness (QED) is 0.696. The Balaban J connectivity index is 3.03. The van der Waals surface area contributed by atoms with Crippen molar-refractivity contribution in [2.75, 3.05) is 14.2 Å². The molecule has 0 saturated carbocycles. The molecule has 0 aromatic carbocycles. The molecule has 0 amide bonds. The second-order valence-electron chi connectivity index (χ2n) is 6.28. The third kappa shape index (κ3) is 3.24. The first-order valence-corrected chi connectivity index (χ1v) is 7.74. The van der Waals surface area contributed by atoms with E-state index in [2.05, 4.69) is 57.9 Å². The van der Waals surface area contributed by atoms with Gasteiger partial charge in [0.05, 0.1) is 17.7 Å². The monoisotopic (exact) mass is 278 g/mol. The molecule has 0 spiro atoms. The number of nitrogens with zero attached hydrogens (tertiary/aromatic N) is 2. The number of methoxy groups -OCH3 is 1. The highest BCUT2D eigenvalue weighted by atomic mass is 16.5. The minimum Gasteiger partial charge on any atom is -0.378 e. The average Bonchev–Trinajstić information content (AvgIpc) is 2.74. The van der Waals surface area contributed by atoms with E-state index >= 15 is 0 Å². The first-order valence-electron chi connectivity index (χ1n) is 7.74. The van der Waals surface area contributed by atoms with E-state index in [4.69, 9.17) is 4.74 Å². The van der Waals surface area contributed by atoms with Gasteiger partial charge in [0.15, 0.2) is 0 Å². The van der Waals surface area contributed by atoms with Gasteiger partial charge in [-0.3, -0.25) is 4.90 Å². The summed E-state index contributed by atoms with van der Waals surface area (Å²) in [5, 5.41) is 9.34. The number of hydrogen-bond donors (Lipinski definition) is 0. The van der Waals surface area contributed by atoms with Gasteiger partial charge >= 0.3 is 0 Å². The molecule has 3 nitrogen and oxygen atoms in total. The first kappa shape index (κ1) is 17.2. The second kappa shape index (κ2) is 7.24. The van der Waals surface area contributed by atoms with Crippen LogP contribution < -0.4 is 0 Å². The molecule has 1 heterocycles. The van der Waals surface area contributed by atoms with Crippen molar-refractivity contribution in [1.29, 1.82) is 5.26 Å². The summed E-state index contributed by atoms with van der Waals surface area (Å²) in [5.74, 6) is 0.827. The fourth-order valence-electron chi connectivity index (χ4n) is 3.75. The molecule has 1 fully saturated rings. The zero-order valence-electron chi connectivity index (χ0n) is 13.9. The lowest BCUT2D eigenvalue weighted by Crippen LogP contribution is -2.49. The van der Waals surface area contributed by atoms with E-state index in [1.807, 2.05) is 7.11 Å². The molecule has 0 N–H and O–H groups in total. The molecule has 5 unspecified atom stereocenters. The second-order valence-corrected chi connectivity index (χ2v) is 6.28. The molecule has 5 atom stereocenters. The Morgan fingerprint density at radius 1 is 1.55 bits per heavy atom. The SMILES string of the molecule is C/C=C\C1CC(C#N)N(C)C1C(C)C(C)(CCC)OC. The topological polar surface area (TPSA) is 36.3 Å². The maximum atomic E-state index is 9.34. The van der Waals surface area contributed by atoms with Crippen LogP contribution in [0.15, 0.2) is 12.2 Å². The normalized spacial score (nSPS) is 32.1. The minimum atomic E-state index is -0.127. The van der Waals surface area contributed by atoms with Crippen molar-refractivity contribution in [3.63, 3.8) is 0 Å². The number of nitriles is 1. The van der Waals surface area contributed by atoms with Crippen molar-refractivity contribution >= 4 is 0 Å². The molecule has 0 radical (unpaired) electrons. The molecule has 0 aromatic heterocycles. The van der Waals surface area contributed by atoms with Gasteiger partial charge in [-0.15, -0.1) is 0 Å². The van der Waals surface area contributed by atoms with Gasteiger partial charge in [-0.05, 0) is 39.7 Å². The summed E-state index contributed by atoms with van der Waals surface area (Å²) in [7, 11) is 3.90. The van der Waals surface area contributed by atoms with Gasteiger partial charge in [0.2, 0.25) is 0 Å². The van der Waals surface area contributed by atoms with E-state index in [9.17, 15) is 5.26 Å². The smallest absolute Gasteiger partial charge is 0.0984 e. The summed E-state index contributed by atoms with van der Waals surface area (Å²) in [6.45, 7) is 8.74. The van der Waals surface area contributed by atoms with Crippen LogP contribution in [-0.2, 0) is 4.74 Å². The van der Waals surface area contributed by atoms with Gasteiger partial charge in [0.25, 0.3) is 0 Å². The van der Waals surface area contributed by atoms with Crippen LogP contribution in [0.4, 0.5) is 0 Å². The summed E-state index contributed by atoms with van der Waals surface area (Å²) in [4.78, 5) is 2.25. The van der Waals surface area contributed by atoms with Gasteiger partial charge in [0, 0.05) is 19.1 Å². The molecule has 0 bridgehead atoms. The van der Waals surface area contributed by atoms with Crippen LogP contribution in [0, 0.1) is 23.2 Å². The van der Waals surface area contributed by atoms with Crippen molar-refractivity contribution in [2.24, 2.45) is 11.8 Å². The first-order chi connectivity index (χ1) is 9.45. The van der Waals surface area contributed by atoms with Gasteiger partial charge in [-0.2, -0.15) is 5.26 Å². The minimum absolute atomic E-state index is 0.0198.